The Bertz CT molecular complexity index is 1020. The summed E-state index contributed by atoms with van der Waals surface area (Å²) in [5.41, 5.74) is 2.72. The van der Waals surface area contributed by atoms with Crippen molar-refractivity contribution in [1.29, 1.82) is 0 Å². The van der Waals surface area contributed by atoms with Crippen LogP contribution in [0.1, 0.15) is 47.0 Å². The van der Waals surface area contributed by atoms with E-state index in [1.54, 1.807) is 24.3 Å². The highest BCUT2D eigenvalue weighted by Crippen LogP contribution is 2.40. The van der Waals surface area contributed by atoms with Gasteiger partial charge in [0.2, 0.25) is 11.8 Å². The first-order valence-electron chi connectivity index (χ1n) is 9.94. The van der Waals surface area contributed by atoms with Gasteiger partial charge in [-0.2, -0.15) is 0 Å². The standard InChI is InChI=1S/C23H26N2O4/c1-5-8-16(15(4)14(2)3)19-13-22(26)24(23(19)27)20-11-12-21(25(28)29)18-10-7-6-9-17(18)20/h6-7,9-12,16,19H,5,8,13H2,1-4H3. The van der Waals surface area contributed by atoms with Crippen molar-refractivity contribution in [3.8, 4) is 0 Å². The molecule has 2 amide bonds. The maximum Gasteiger partial charge on any atom is 0.277 e. The van der Waals surface area contributed by atoms with E-state index in [1.165, 1.54) is 22.6 Å². The van der Waals surface area contributed by atoms with Crippen LogP contribution in [-0.2, 0) is 9.59 Å². The van der Waals surface area contributed by atoms with E-state index in [0.29, 0.717) is 16.5 Å². The molecule has 2 aromatic rings. The van der Waals surface area contributed by atoms with E-state index in [4.69, 9.17) is 0 Å². The normalized spacial score (nSPS) is 17.7. The van der Waals surface area contributed by atoms with Crippen LogP contribution in [0.25, 0.3) is 10.8 Å². The lowest BCUT2D eigenvalue weighted by Gasteiger charge is -2.24. The number of nitro groups is 1. The highest BCUT2D eigenvalue weighted by Gasteiger charge is 2.44. The summed E-state index contributed by atoms with van der Waals surface area (Å²) in [6.45, 7) is 8.17. The van der Waals surface area contributed by atoms with Crippen molar-refractivity contribution in [1.82, 2.24) is 0 Å². The number of hydrogen-bond donors (Lipinski definition) is 0. The average Bonchev–Trinajstić information content (AvgIpc) is 2.98. The first-order chi connectivity index (χ1) is 13.8. The fraction of sp³-hybridized carbons (Fsp3) is 0.391. The number of nitro benzene ring substituents is 1. The molecule has 1 fully saturated rings. The predicted octanol–water partition coefficient (Wildman–Crippen LogP) is 5.40. The molecule has 29 heavy (non-hydrogen) atoms. The van der Waals surface area contributed by atoms with Crippen molar-refractivity contribution in [3.05, 3.63) is 57.7 Å². The highest BCUT2D eigenvalue weighted by molar-refractivity contribution is 6.24. The minimum atomic E-state index is -0.446. The number of nitrogens with zero attached hydrogens (tertiary/aromatic N) is 2. The molecule has 1 saturated heterocycles. The number of rotatable bonds is 6. The summed E-state index contributed by atoms with van der Waals surface area (Å²) in [6, 6.07) is 9.72. The summed E-state index contributed by atoms with van der Waals surface area (Å²) < 4.78 is 0. The third-order valence-electron chi connectivity index (χ3n) is 5.93. The second kappa shape index (κ2) is 8.15. The maximum atomic E-state index is 13.4. The van der Waals surface area contributed by atoms with Crippen molar-refractivity contribution in [2.75, 3.05) is 4.90 Å². The topological polar surface area (TPSA) is 80.5 Å². The number of allylic oxidation sites excluding steroid dienone is 2. The molecule has 0 saturated carbocycles. The Morgan fingerprint density at radius 3 is 2.38 bits per heavy atom. The molecule has 1 heterocycles. The van der Waals surface area contributed by atoms with Crippen molar-refractivity contribution < 1.29 is 14.5 Å². The van der Waals surface area contributed by atoms with E-state index in [1.807, 2.05) is 20.8 Å². The SMILES string of the molecule is CCCC(C(C)=C(C)C)C1CC(=O)N(c2ccc([N+](=O)[O-])c3ccccc23)C1=O. The van der Waals surface area contributed by atoms with Crippen LogP contribution < -0.4 is 4.90 Å². The van der Waals surface area contributed by atoms with Crippen LogP contribution in [0.4, 0.5) is 11.4 Å². The van der Waals surface area contributed by atoms with Crippen molar-refractivity contribution >= 4 is 34.0 Å². The van der Waals surface area contributed by atoms with E-state index in [0.717, 1.165) is 18.4 Å². The molecule has 0 aliphatic carbocycles. The molecular weight excluding hydrogens is 368 g/mol. The zero-order valence-corrected chi connectivity index (χ0v) is 17.3. The third kappa shape index (κ3) is 3.67. The van der Waals surface area contributed by atoms with Crippen LogP contribution in [0, 0.1) is 22.0 Å². The van der Waals surface area contributed by atoms with Gasteiger partial charge >= 0.3 is 0 Å². The van der Waals surface area contributed by atoms with Crippen molar-refractivity contribution in [2.24, 2.45) is 11.8 Å². The average molecular weight is 394 g/mol. The fourth-order valence-corrected chi connectivity index (χ4v) is 4.25. The molecule has 1 aliphatic rings. The first kappa shape index (κ1) is 20.7. The van der Waals surface area contributed by atoms with E-state index in [2.05, 4.69) is 6.92 Å². The minimum absolute atomic E-state index is 0.0239. The van der Waals surface area contributed by atoms with Gasteiger partial charge in [-0.3, -0.25) is 19.7 Å². The highest BCUT2D eigenvalue weighted by atomic mass is 16.6. The summed E-state index contributed by atoms with van der Waals surface area (Å²) in [4.78, 5) is 38.5. The van der Waals surface area contributed by atoms with Crippen LogP contribution in [0.5, 0.6) is 0 Å². The number of amides is 2. The molecule has 6 heteroatoms. The largest absolute Gasteiger partial charge is 0.277 e. The first-order valence-corrected chi connectivity index (χ1v) is 9.94. The number of anilines is 1. The van der Waals surface area contributed by atoms with E-state index >= 15 is 0 Å². The summed E-state index contributed by atoms with van der Waals surface area (Å²) >= 11 is 0. The fourth-order valence-electron chi connectivity index (χ4n) is 4.25. The number of non-ortho nitro benzene ring substituents is 1. The summed E-state index contributed by atoms with van der Waals surface area (Å²) in [5.74, 6) is -0.836. The Balaban J connectivity index is 2.08. The molecule has 0 N–H and O–H groups in total. The van der Waals surface area contributed by atoms with E-state index in [9.17, 15) is 19.7 Å². The third-order valence-corrected chi connectivity index (χ3v) is 5.93. The minimum Gasteiger partial charge on any atom is -0.274 e. The van der Waals surface area contributed by atoms with Gasteiger partial charge in [0.1, 0.15) is 0 Å². The number of carbonyl (C=O) groups is 2. The van der Waals surface area contributed by atoms with Crippen LogP contribution in [-0.4, -0.2) is 16.7 Å². The van der Waals surface area contributed by atoms with Gasteiger partial charge in [0.25, 0.3) is 5.69 Å². The van der Waals surface area contributed by atoms with Gasteiger partial charge < -0.3 is 0 Å². The molecule has 2 aromatic carbocycles. The quantitative estimate of drug-likeness (QED) is 0.284. The zero-order valence-electron chi connectivity index (χ0n) is 17.3. The lowest BCUT2D eigenvalue weighted by Crippen LogP contribution is -2.32. The maximum absolute atomic E-state index is 13.4. The Morgan fingerprint density at radius 2 is 1.79 bits per heavy atom. The Kier molecular flexibility index (Phi) is 5.82. The van der Waals surface area contributed by atoms with Gasteiger partial charge in [0.15, 0.2) is 0 Å². The Labute approximate surface area is 170 Å². The van der Waals surface area contributed by atoms with Gasteiger partial charge in [-0.1, -0.05) is 42.7 Å². The van der Waals surface area contributed by atoms with Crippen molar-refractivity contribution in [3.63, 3.8) is 0 Å². The van der Waals surface area contributed by atoms with Crippen LogP contribution in [0.15, 0.2) is 47.5 Å². The molecule has 6 nitrogen and oxygen atoms in total. The second-order valence-corrected chi connectivity index (χ2v) is 7.86. The molecule has 2 atom stereocenters. The molecule has 0 spiro atoms. The lowest BCUT2D eigenvalue weighted by atomic mass is 9.80. The second-order valence-electron chi connectivity index (χ2n) is 7.86. The molecular formula is C23H26N2O4. The van der Waals surface area contributed by atoms with Gasteiger partial charge in [-0.25, -0.2) is 4.90 Å². The van der Waals surface area contributed by atoms with Gasteiger partial charge in [-0.05, 0) is 45.2 Å². The molecule has 0 bridgehead atoms. The Hall–Kier alpha value is -3.02. The number of fused-ring (bicyclic) bond motifs is 1. The molecule has 152 valence electrons. The molecule has 1 aliphatic heterocycles. The number of hydrogen-bond acceptors (Lipinski definition) is 4. The summed E-state index contributed by atoms with van der Waals surface area (Å²) in [5, 5.41) is 12.3. The van der Waals surface area contributed by atoms with Gasteiger partial charge in [-0.15, -0.1) is 0 Å². The van der Waals surface area contributed by atoms with Crippen molar-refractivity contribution in [2.45, 2.75) is 47.0 Å². The van der Waals surface area contributed by atoms with E-state index in [-0.39, 0.29) is 29.8 Å². The number of carbonyl (C=O) groups excluding carboxylic acids is 2. The number of benzene rings is 2. The molecule has 2 unspecified atom stereocenters. The zero-order chi connectivity index (χ0) is 21.3. The van der Waals surface area contributed by atoms with Crippen LogP contribution >= 0.6 is 0 Å². The van der Waals surface area contributed by atoms with Gasteiger partial charge in [0, 0.05) is 17.9 Å². The van der Waals surface area contributed by atoms with Gasteiger partial charge in [0.05, 0.1) is 21.9 Å². The predicted molar refractivity (Wildman–Crippen MR) is 114 cm³/mol. The molecule has 3 rings (SSSR count). The summed E-state index contributed by atoms with van der Waals surface area (Å²) in [6.07, 6.45) is 1.93. The molecule has 0 radical (unpaired) electrons. The lowest BCUT2D eigenvalue weighted by molar-refractivity contribution is -0.383. The van der Waals surface area contributed by atoms with Crippen LogP contribution in [0.2, 0.25) is 0 Å². The smallest absolute Gasteiger partial charge is 0.274 e. The Morgan fingerprint density at radius 1 is 1.14 bits per heavy atom. The number of imide groups is 1. The van der Waals surface area contributed by atoms with E-state index < -0.39 is 10.8 Å². The summed E-state index contributed by atoms with van der Waals surface area (Å²) in [7, 11) is 0. The molecule has 0 aromatic heterocycles. The monoisotopic (exact) mass is 394 g/mol. The van der Waals surface area contributed by atoms with Crippen LogP contribution in [0.3, 0.4) is 0 Å².